The number of halogens is 2. The molecule has 1 heterocycles. The second-order valence-electron chi connectivity index (χ2n) is 5.66. The number of carbonyl (C=O) groups is 2. The van der Waals surface area contributed by atoms with Crippen molar-refractivity contribution in [3.05, 3.63) is 39.4 Å². The maximum Gasteiger partial charge on any atom is 0.344 e. The number of hydrogen-bond donors (Lipinski definition) is 4. The second kappa shape index (κ2) is 9.75. The van der Waals surface area contributed by atoms with Gasteiger partial charge < -0.3 is 20.3 Å². The van der Waals surface area contributed by atoms with E-state index in [1.165, 1.54) is 0 Å². The average Bonchev–Trinajstić information content (AvgIpc) is 3.03. The minimum absolute atomic E-state index is 0.0283. The molecule has 1 atom stereocenters. The molecule has 1 aromatic carbocycles. The Morgan fingerprint density at radius 3 is 2.70 bits per heavy atom. The molecule has 2 rings (SSSR count). The molecular formula is C16H17Cl2N3O5S. The third kappa shape index (κ3) is 5.96. The molecule has 0 saturated carbocycles. The van der Waals surface area contributed by atoms with Crippen LogP contribution in [-0.4, -0.2) is 39.7 Å². The van der Waals surface area contributed by atoms with Crippen LogP contribution in [0.15, 0.2) is 18.2 Å². The quantitative estimate of drug-likeness (QED) is 0.505. The number of anilines is 1. The fourth-order valence-electron chi connectivity index (χ4n) is 1.91. The number of nitrogens with one attached hydrogen (secondary N) is 2. The molecule has 0 aliphatic rings. The Morgan fingerprint density at radius 1 is 1.33 bits per heavy atom. The molecule has 0 bridgehead atoms. The topological polar surface area (TPSA) is 121 Å². The van der Waals surface area contributed by atoms with Gasteiger partial charge in [0.05, 0.1) is 10.0 Å². The van der Waals surface area contributed by atoms with E-state index in [0.717, 1.165) is 11.5 Å². The first-order chi connectivity index (χ1) is 12.8. The standard InChI is InChI=1S/C16H17Cl2N3O5S/c1-8(6-22)5-19-16(25)20-14-12(15(23)24)13(21-27-14)26-7-9-2-3-10(17)11(18)4-9/h2-4,8,22H,5-7H2,1H3,(H,23,24)(H2,19,20,25). The average molecular weight is 434 g/mol. The molecule has 4 N–H and O–H groups in total. The molecule has 1 unspecified atom stereocenters. The first-order valence-corrected chi connectivity index (χ1v) is 9.30. The lowest BCUT2D eigenvalue weighted by atomic mass is 10.2. The lowest BCUT2D eigenvalue weighted by molar-refractivity contribution is 0.0693. The number of urea groups is 1. The highest BCUT2D eigenvalue weighted by Crippen LogP contribution is 2.31. The molecule has 11 heteroatoms. The lowest BCUT2D eigenvalue weighted by Crippen LogP contribution is -2.33. The van der Waals surface area contributed by atoms with Crippen molar-refractivity contribution in [1.29, 1.82) is 0 Å². The van der Waals surface area contributed by atoms with Gasteiger partial charge in [-0.2, -0.15) is 4.37 Å². The number of rotatable bonds is 8. The third-order valence-corrected chi connectivity index (χ3v) is 4.87. The van der Waals surface area contributed by atoms with Gasteiger partial charge in [0, 0.05) is 13.2 Å². The molecule has 8 nitrogen and oxygen atoms in total. The predicted molar refractivity (Wildman–Crippen MR) is 103 cm³/mol. The van der Waals surface area contributed by atoms with Crippen molar-refractivity contribution in [1.82, 2.24) is 9.69 Å². The predicted octanol–water partition coefficient (Wildman–Crippen LogP) is 3.48. The maximum atomic E-state index is 11.9. The van der Waals surface area contributed by atoms with Crippen LogP contribution >= 0.6 is 34.7 Å². The molecule has 0 fully saturated rings. The van der Waals surface area contributed by atoms with Crippen LogP contribution in [-0.2, 0) is 6.61 Å². The van der Waals surface area contributed by atoms with Gasteiger partial charge in [0.15, 0.2) is 5.56 Å². The van der Waals surface area contributed by atoms with Gasteiger partial charge in [-0.25, -0.2) is 9.59 Å². The third-order valence-electron chi connectivity index (χ3n) is 3.38. The highest BCUT2D eigenvalue weighted by molar-refractivity contribution is 7.11. The summed E-state index contributed by atoms with van der Waals surface area (Å²) in [5.74, 6) is -1.52. The summed E-state index contributed by atoms with van der Waals surface area (Å²) in [6, 6.07) is 4.30. The van der Waals surface area contributed by atoms with E-state index in [0.29, 0.717) is 15.6 Å². The summed E-state index contributed by atoms with van der Waals surface area (Å²) < 4.78 is 9.42. The number of ether oxygens (including phenoxy) is 1. The van der Waals surface area contributed by atoms with Crippen molar-refractivity contribution >= 4 is 51.7 Å². The summed E-state index contributed by atoms with van der Waals surface area (Å²) in [4.78, 5) is 23.4. The number of benzene rings is 1. The molecular weight excluding hydrogens is 417 g/mol. The minimum Gasteiger partial charge on any atom is -0.477 e. The molecule has 0 radical (unpaired) electrons. The van der Waals surface area contributed by atoms with E-state index in [4.69, 9.17) is 33.0 Å². The van der Waals surface area contributed by atoms with Crippen molar-refractivity contribution in [2.24, 2.45) is 5.92 Å². The zero-order chi connectivity index (χ0) is 20.0. The minimum atomic E-state index is -1.29. The molecule has 146 valence electrons. The zero-order valence-corrected chi connectivity index (χ0v) is 16.5. The summed E-state index contributed by atoms with van der Waals surface area (Å²) >= 11 is 12.6. The van der Waals surface area contributed by atoms with Gasteiger partial charge in [0.1, 0.15) is 11.6 Å². The number of amides is 2. The van der Waals surface area contributed by atoms with Crippen molar-refractivity contribution in [2.75, 3.05) is 18.5 Å². The van der Waals surface area contributed by atoms with Crippen LogP contribution in [0.1, 0.15) is 22.8 Å². The molecule has 0 aliphatic carbocycles. The molecule has 2 amide bonds. The van der Waals surface area contributed by atoms with E-state index in [1.54, 1.807) is 25.1 Å². The van der Waals surface area contributed by atoms with Gasteiger partial charge in [-0.15, -0.1) is 0 Å². The molecule has 0 spiro atoms. The summed E-state index contributed by atoms with van der Waals surface area (Å²) in [6.07, 6.45) is 0. The van der Waals surface area contributed by atoms with Crippen LogP contribution in [0.4, 0.5) is 9.80 Å². The van der Waals surface area contributed by atoms with Crippen LogP contribution in [0.5, 0.6) is 5.88 Å². The summed E-state index contributed by atoms with van der Waals surface area (Å²) in [7, 11) is 0. The SMILES string of the molecule is CC(CO)CNC(=O)Nc1snc(OCc2ccc(Cl)c(Cl)c2)c1C(=O)O. The Morgan fingerprint density at radius 2 is 2.07 bits per heavy atom. The Balaban J connectivity index is 2.06. The maximum absolute atomic E-state index is 11.9. The number of carboxylic acids is 1. The van der Waals surface area contributed by atoms with E-state index < -0.39 is 12.0 Å². The van der Waals surface area contributed by atoms with Gasteiger partial charge in [0.25, 0.3) is 0 Å². The summed E-state index contributed by atoms with van der Waals surface area (Å²) in [6.45, 7) is 1.95. The van der Waals surface area contributed by atoms with Crippen LogP contribution < -0.4 is 15.4 Å². The van der Waals surface area contributed by atoms with E-state index >= 15 is 0 Å². The number of aromatic nitrogens is 1. The Kier molecular flexibility index (Phi) is 7.66. The largest absolute Gasteiger partial charge is 0.477 e. The highest BCUT2D eigenvalue weighted by atomic mass is 35.5. The number of nitrogens with zero attached hydrogens (tertiary/aromatic N) is 1. The molecule has 0 saturated heterocycles. The molecule has 0 aliphatic heterocycles. The van der Waals surface area contributed by atoms with E-state index in [1.807, 2.05) is 0 Å². The van der Waals surface area contributed by atoms with Gasteiger partial charge in [0.2, 0.25) is 5.88 Å². The Hall–Kier alpha value is -2.07. The van der Waals surface area contributed by atoms with Gasteiger partial charge >= 0.3 is 12.0 Å². The van der Waals surface area contributed by atoms with Gasteiger partial charge in [-0.1, -0.05) is 36.2 Å². The van der Waals surface area contributed by atoms with Crippen LogP contribution in [0.2, 0.25) is 10.0 Å². The normalized spacial score (nSPS) is 11.7. The number of carbonyl (C=O) groups excluding carboxylic acids is 1. The first-order valence-electron chi connectivity index (χ1n) is 7.77. The number of aliphatic hydroxyl groups is 1. The van der Waals surface area contributed by atoms with Crippen molar-refractivity contribution < 1.29 is 24.5 Å². The Bertz CT molecular complexity index is 830. The van der Waals surface area contributed by atoms with Crippen molar-refractivity contribution in [3.8, 4) is 5.88 Å². The summed E-state index contributed by atoms with van der Waals surface area (Å²) in [5, 5.41) is 24.1. The monoisotopic (exact) mass is 433 g/mol. The Labute approximate surface area is 169 Å². The number of carboxylic acid groups (broad SMARTS) is 1. The van der Waals surface area contributed by atoms with Crippen molar-refractivity contribution in [3.63, 3.8) is 0 Å². The molecule has 27 heavy (non-hydrogen) atoms. The second-order valence-corrected chi connectivity index (χ2v) is 7.24. The van der Waals surface area contributed by atoms with Gasteiger partial charge in [-0.3, -0.25) is 5.32 Å². The highest BCUT2D eigenvalue weighted by Gasteiger charge is 2.23. The summed E-state index contributed by atoms with van der Waals surface area (Å²) in [5.41, 5.74) is 0.435. The lowest BCUT2D eigenvalue weighted by Gasteiger charge is -2.10. The van der Waals surface area contributed by atoms with E-state index in [9.17, 15) is 14.7 Å². The zero-order valence-electron chi connectivity index (χ0n) is 14.2. The fraction of sp³-hybridized carbons (Fsp3) is 0.312. The fourth-order valence-corrected chi connectivity index (χ4v) is 2.95. The van der Waals surface area contributed by atoms with Crippen LogP contribution in [0, 0.1) is 5.92 Å². The first kappa shape index (κ1) is 21.2. The van der Waals surface area contributed by atoms with Crippen molar-refractivity contribution in [2.45, 2.75) is 13.5 Å². The van der Waals surface area contributed by atoms with E-state index in [2.05, 4.69) is 15.0 Å². The number of aromatic carboxylic acids is 1. The molecule has 1 aromatic heterocycles. The smallest absolute Gasteiger partial charge is 0.344 e. The number of aliphatic hydroxyl groups excluding tert-OH is 1. The molecule has 2 aromatic rings. The van der Waals surface area contributed by atoms with Crippen LogP contribution in [0.25, 0.3) is 0 Å². The van der Waals surface area contributed by atoms with E-state index in [-0.39, 0.29) is 42.1 Å². The van der Waals surface area contributed by atoms with Crippen LogP contribution in [0.3, 0.4) is 0 Å². The van der Waals surface area contributed by atoms with Gasteiger partial charge in [-0.05, 0) is 35.1 Å². The number of hydrogen-bond acceptors (Lipinski definition) is 6.